The monoisotopic (exact) mass is 585 g/mol. The quantitative estimate of drug-likeness (QED) is 0.213. The number of fused-ring (bicyclic) bond motifs is 2. The van der Waals surface area contributed by atoms with Crippen LogP contribution in [-0.2, 0) is 24.1 Å². The highest BCUT2D eigenvalue weighted by Crippen LogP contribution is 2.34. The fraction of sp³-hybridized carbons (Fsp3) is 0.176. The van der Waals surface area contributed by atoms with Crippen LogP contribution in [0.1, 0.15) is 16.0 Å². The first-order valence-electron chi connectivity index (χ1n) is 14.3. The fourth-order valence-corrected chi connectivity index (χ4v) is 6.38. The van der Waals surface area contributed by atoms with E-state index in [4.69, 9.17) is 9.97 Å². The predicted octanol–water partition coefficient (Wildman–Crippen LogP) is 6.47. The van der Waals surface area contributed by atoms with Gasteiger partial charge in [0.25, 0.3) is 0 Å². The van der Waals surface area contributed by atoms with Crippen LogP contribution in [0.5, 0.6) is 0 Å². The number of nitrogens with zero attached hydrogens (tertiary/aromatic N) is 5. The van der Waals surface area contributed by atoms with Gasteiger partial charge in [-0.25, -0.2) is 15.0 Å². The van der Waals surface area contributed by atoms with Gasteiger partial charge in [0, 0.05) is 40.3 Å². The average molecular weight is 586 g/mol. The molecule has 0 saturated carbocycles. The lowest BCUT2D eigenvalue weighted by atomic mass is 10.1. The molecule has 8 nitrogen and oxygen atoms in total. The highest BCUT2D eigenvalue weighted by molar-refractivity contribution is 7.10. The Morgan fingerprint density at radius 2 is 1.86 bits per heavy atom. The first-order chi connectivity index (χ1) is 21.0. The summed E-state index contributed by atoms with van der Waals surface area (Å²) >= 11 is 1.58. The summed E-state index contributed by atoms with van der Waals surface area (Å²) in [7, 11) is 4.28. The molecule has 1 aliphatic carbocycles. The molecule has 6 aromatic rings. The molecule has 214 valence electrons. The molecule has 1 amide bonds. The van der Waals surface area contributed by atoms with Gasteiger partial charge in [-0.05, 0) is 92.0 Å². The zero-order chi connectivity index (χ0) is 29.3. The van der Waals surface area contributed by atoms with Gasteiger partial charge in [-0.3, -0.25) is 9.20 Å². The van der Waals surface area contributed by atoms with Crippen molar-refractivity contribution < 1.29 is 4.79 Å². The number of thiophene rings is 1. The Kier molecular flexibility index (Phi) is 7.18. The number of hydrogen-bond donors (Lipinski definition) is 2. The first-order valence-corrected chi connectivity index (χ1v) is 15.2. The van der Waals surface area contributed by atoms with Crippen molar-refractivity contribution >= 4 is 40.2 Å². The Morgan fingerprint density at radius 1 is 0.953 bits per heavy atom. The maximum Gasteiger partial charge on any atom is 0.229 e. The number of carbonyl (C=O) groups is 1. The second kappa shape index (κ2) is 11.4. The minimum Gasteiger partial charge on any atom is -0.326 e. The Bertz CT molecular complexity index is 1930. The van der Waals surface area contributed by atoms with Crippen molar-refractivity contribution in [1.29, 1.82) is 0 Å². The Morgan fingerprint density at radius 3 is 2.72 bits per heavy atom. The van der Waals surface area contributed by atoms with Gasteiger partial charge in [-0.2, -0.15) is 0 Å². The van der Waals surface area contributed by atoms with E-state index in [2.05, 4.69) is 52.8 Å². The molecule has 0 aliphatic heterocycles. The summed E-state index contributed by atoms with van der Waals surface area (Å²) in [5.74, 6) is 0.469. The summed E-state index contributed by atoms with van der Waals surface area (Å²) in [5.41, 5.74) is 8.53. The molecule has 0 radical (unpaired) electrons. The fourth-order valence-electron chi connectivity index (χ4n) is 5.68. The summed E-state index contributed by atoms with van der Waals surface area (Å²) < 4.78 is 2.04. The number of anilines is 3. The molecule has 2 aromatic carbocycles. The van der Waals surface area contributed by atoms with E-state index in [-0.39, 0.29) is 5.91 Å². The summed E-state index contributed by atoms with van der Waals surface area (Å²) in [5, 5.41) is 8.45. The van der Waals surface area contributed by atoms with Crippen molar-refractivity contribution in [2.75, 3.05) is 24.7 Å². The van der Waals surface area contributed by atoms with Gasteiger partial charge >= 0.3 is 0 Å². The maximum atomic E-state index is 12.7. The van der Waals surface area contributed by atoms with E-state index in [0.29, 0.717) is 18.4 Å². The van der Waals surface area contributed by atoms with Crippen LogP contribution in [-0.4, -0.2) is 50.3 Å². The topological polar surface area (TPSA) is 87.5 Å². The molecule has 4 aromatic heterocycles. The Hall–Kier alpha value is -4.86. The summed E-state index contributed by atoms with van der Waals surface area (Å²) in [6.45, 7) is 0. The zero-order valence-electron chi connectivity index (χ0n) is 24.0. The van der Waals surface area contributed by atoms with Crippen molar-refractivity contribution in [1.82, 2.24) is 24.3 Å². The second-order valence-electron chi connectivity index (χ2n) is 11.0. The molecular formula is C34H31N7OS. The molecule has 7 rings (SSSR count). The van der Waals surface area contributed by atoms with E-state index < -0.39 is 0 Å². The zero-order valence-corrected chi connectivity index (χ0v) is 24.8. The highest BCUT2D eigenvalue weighted by atomic mass is 32.1. The van der Waals surface area contributed by atoms with Crippen molar-refractivity contribution in [2.24, 2.45) is 0 Å². The number of benzene rings is 2. The summed E-state index contributed by atoms with van der Waals surface area (Å²) in [6, 6.07) is 26.6. The van der Waals surface area contributed by atoms with Crippen LogP contribution < -0.4 is 10.6 Å². The number of amides is 1. The van der Waals surface area contributed by atoms with Crippen molar-refractivity contribution in [3.05, 3.63) is 113 Å². The van der Waals surface area contributed by atoms with Crippen molar-refractivity contribution in [3.8, 4) is 22.6 Å². The van der Waals surface area contributed by atoms with Gasteiger partial charge in [-0.1, -0.05) is 30.3 Å². The summed E-state index contributed by atoms with van der Waals surface area (Å²) in [4.78, 5) is 30.5. The lowest BCUT2D eigenvalue weighted by Crippen LogP contribution is -2.27. The van der Waals surface area contributed by atoms with Crippen LogP contribution in [0.25, 0.3) is 28.3 Å². The first kappa shape index (κ1) is 27.0. The molecule has 1 aliphatic rings. The molecule has 0 bridgehead atoms. The standard InChI is InChI=1S/C34H31N7OS/c1-40(2)27-19-22-11-12-26(18-24(22)20-27)37-34-35-14-13-29(38-34)33-32(39-30-10-3-4-15-41(30)33)23-7-5-8-25(17-23)36-31(42)21-28-9-6-16-43-28/h3-18,27H,19-21H2,1-2H3,(H,36,42)(H,35,37,38). The van der Waals surface area contributed by atoms with E-state index in [1.54, 1.807) is 17.5 Å². The molecular weight excluding hydrogens is 554 g/mol. The van der Waals surface area contributed by atoms with Gasteiger partial charge in [0.05, 0.1) is 23.5 Å². The third-order valence-electron chi connectivity index (χ3n) is 7.87. The normalized spacial score (nSPS) is 14.3. The largest absolute Gasteiger partial charge is 0.326 e. The second-order valence-corrected chi connectivity index (χ2v) is 12.1. The van der Waals surface area contributed by atoms with E-state index in [1.165, 1.54) is 11.1 Å². The number of aromatic nitrogens is 4. The molecule has 2 N–H and O–H groups in total. The van der Waals surface area contributed by atoms with Crippen LogP contribution in [0.4, 0.5) is 17.3 Å². The third-order valence-corrected chi connectivity index (χ3v) is 8.74. The smallest absolute Gasteiger partial charge is 0.229 e. The molecule has 1 unspecified atom stereocenters. The maximum absolute atomic E-state index is 12.7. The van der Waals surface area contributed by atoms with Crippen molar-refractivity contribution in [2.45, 2.75) is 25.3 Å². The summed E-state index contributed by atoms with van der Waals surface area (Å²) in [6.07, 6.45) is 6.22. The minimum atomic E-state index is -0.0508. The van der Waals surface area contributed by atoms with Gasteiger partial charge in [0.2, 0.25) is 11.9 Å². The van der Waals surface area contributed by atoms with Gasteiger partial charge in [0.1, 0.15) is 5.65 Å². The number of carbonyl (C=O) groups excluding carboxylic acids is 1. The van der Waals surface area contributed by atoms with Gasteiger partial charge in [0.15, 0.2) is 0 Å². The number of likely N-dealkylation sites (N-methyl/N-ethyl adjacent to an activating group) is 1. The average Bonchev–Trinajstić information content (AvgIpc) is 3.76. The van der Waals surface area contributed by atoms with Gasteiger partial charge < -0.3 is 15.5 Å². The lowest BCUT2D eigenvalue weighted by molar-refractivity contribution is -0.115. The molecule has 9 heteroatoms. The molecule has 0 saturated heterocycles. The SMILES string of the molecule is CN(C)C1Cc2ccc(Nc3nccc(-c4c(-c5cccc(NC(=O)Cc6cccs6)c5)nc5ccccn45)n3)cc2C1. The third kappa shape index (κ3) is 5.64. The Balaban J connectivity index is 1.20. The predicted molar refractivity (Wildman–Crippen MR) is 173 cm³/mol. The molecule has 0 spiro atoms. The van der Waals surface area contributed by atoms with E-state index in [0.717, 1.165) is 57.4 Å². The number of nitrogens with one attached hydrogen (secondary N) is 2. The van der Waals surface area contributed by atoms with Crippen LogP contribution in [0.2, 0.25) is 0 Å². The van der Waals surface area contributed by atoms with E-state index in [9.17, 15) is 4.79 Å². The molecule has 4 heterocycles. The van der Waals surface area contributed by atoms with Crippen LogP contribution in [0.3, 0.4) is 0 Å². The number of rotatable bonds is 8. The van der Waals surface area contributed by atoms with Crippen molar-refractivity contribution in [3.63, 3.8) is 0 Å². The lowest BCUT2D eigenvalue weighted by Gasteiger charge is -2.17. The molecule has 0 fully saturated rings. The number of imidazole rings is 1. The van der Waals surface area contributed by atoms with Crippen LogP contribution >= 0.6 is 11.3 Å². The van der Waals surface area contributed by atoms with E-state index >= 15 is 0 Å². The van der Waals surface area contributed by atoms with Crippen LogP contribution in [0.15, 0.2) is 96.6 Å². The van der Waals surface area contributed by atoms with Gasteiger partial charge in [-0.15, -0.1) is 11.3 Å². The number of pyridine rings is 1. The number of hydrogen-bond acceptors (Lipinski definition) is 7. The Labute approximate surface area is 254 Å². The van der Waals surface area contributed by atoms with E-state index in [1.807, 2.05) is 76.6 Å². The minimum absolute atomic E-state index is 0.0508. The molecule has 43 heavy (non-hydrogen) atoms. The molecule has 1 atom stereocenters. The highest BCUT2D eigenvalue weighted by Gasteiger charge is 2.23. The van der Waals surface area contributed by atoms with Crippen LogP contribution in [0, 0.1) is 0 Å².